The molecule has 18 heavy (non-hydrogen) atoms. The summed E-state index contributed by atoms with van der Waals surface area (Å²) in [5.41, 5.74) is 6.93. The molecule has 0 saturated heterocycles. The average molecular weight is 331 g/mol. The van der Waals surface area contributed by atoms with Crippen LogP contribution in [-0.4, -0.2) is 11.5 Å². The van der Waals surface area contributed by atoms with Crippen LogP contribution in [0.4, 0.5) is 10.1 Å². The van der Waals surface area contributed by atoms with E-state index in [4.69, 9.17) is 18.0 Å². The molecule has 1 fully saturated rings. The Hall–Kier alpha value is -0.680. The minimum Gasteiger partial charge on any atom is -0.389 e. The number of hydrogen-bond donors (Lipinski definition) is 2. The summed E-state index contributed by atoms with van der Waals surface area (Å²) >= 11 is 8.07. The zero-order chi connectivity index (χ0) is 13.3. The SMILES string of the molecule is CCC1(CNc2ccc(C(N)=S)c(Br)c2F)CC1. The van der Waals surface area contributed by atoms with Crippen LogP contribution in [0.3, 0.4) is 0 Å². The second-order valence-corrected chi connectivity index (χ2v) is 6.09. The first-order chi connectivity index (χ1) is 8.49. The highest BCUT2D eigenvalue weighted by atomic mass is 79.9. The highest BCUT2D eigenvalue weighted by Crippen LogP contribution is 2.48. The summed E-state index contributed by atoms with van der Waals surface area (Å²) in [6, 6.07) is 3.43. The maximum Gasteiger partial charge on any atom is 0.161 e. The van der Waals surface area contributed by atoms with Crippen LogP contribution in [-0.2, 0) is 0 Å². The molecule has 1 aliphatic carbocycles. The predicted octanol–water partition coefficient (Wildman–Crippen LogP) is 3.82. The van der Waals surface area contributed by atoms with Crippen molar-refractivity contribution in [3.05, 3.63) is 28.0 Å². The summed E-state index contributed by atoms with van der Waals surface area (Å²) in [4.78, 5) is 0.194. The Labute approximate surface area is 120 Å². The summed E-state index contributed by atoms with van der Waals surface area (Å²) in [7, 11) is 0. The lowest BCUT2D eigenvalue weighted by Gasteiger charge is -2.16. The molecule has 0 radical (unpaired) electrons. The van der Waals surface area contributed by atoms with Crippen molar-refractivity contribution in [3.8, 4) is 0 Å². The summed E-state index contributed by atoms with van der Waals surface area (Å²) < 4.78 is 14.4. The average Bonchev–Trinajstić information content (AvgIpc) is 3.11. The van der Waals surface area contributed by atoms with Crippen LogP contribution in [0.1, 0.15) is 31.7 Å². The molecule has 1 aromatic carbocycles. The van der Waals surface area contributed by atoms with Gasteiger partial charge in [0.1, 0.15) is 4.99 Å². The Morgan fingerprint density at radius 1 is 1.56 bits per heavy atom. The Balaban J connectivity index is 2.14. The third-order valence-electron chi connectivity index (χ3n) is 3.71. The molecular weight excluding hydrogens is 315 g/mol. The topological polar surface area (TPSA) is 38.0 Å². The Morgan fingerprint density at radius 3 is 2.72 bits per heavy atom. The first-order valence-electron chi connectivity index (χ1n) is 6.01. The molecule has 0 atom stereocenters. The van der Waals surface area contributed by atoms with E-state index in [1.807, 2.05) is 0 Å². The molecule has 5 heteroatoms. The van der Waals surface area contributed by atoms with Crippen LogP contribution in [0, 0.1) is 11.2 Å². The van der Waals surface area contributed by atoms with Gasteiger partial charge in [0.05, 0.1) is 10.2 Å². The van der Waals surface area contributed by atoms with E-state index in [0.717, 1.165) is 13.0 Å². The van der Waals surface area contributed by atoms with Crippen LogP contribution < -0.4 is 11.1 Å². The van der Waals surface area contributed by atoms with E-state index < -0.39 is 0 Å². The van der Waals surface area contributed by atoms with E-state index in [1.54, 1.807) is 12.1 Å². The Bertz CT molecular complexity index is 486. The fraction of sp³-hybridized carbons (Fsp3) is 0.462. The molecule has 2 nitrogen and oxygen atoms in total. The molecule has 0 unspecified atom stereocenters. The van der Waals surface area contributed by atoms with Crippen molar-refractivity contribution in [2.45, 2.75) is 26.2 Å². The van der Waals surface area contributed by atoms with Gasteiger partial charge in [-0.05, 0) is 52.7 Å². The van der Waals surface area contributed by atoms with Crippen molar-refractivity contribution in [2.75, 3.05) is 11.9 Å². The lowest BCUT2D eigenvalue weighted by Crippen LogP contribution is -2.16. The van der Waals surface area contributed by atoms with Crippen molar-refractivity contribution in [1.82, 2.24) is 0 Å². The van der Waals surface area contributed by atoms with E-state index >= 15 is 0 Å². The molecule has 0 aromatic heterocycles. The number of thiocarbonyl (C=S) groups is 1. The van der Waals surface area contributed by atoms with Crippen LogP contribution in [0.2, 0.25) is 0 Å². The fourth-order valence-corrected chi connectivity index (χ4v) is 2.85. The van der Waals surface area contributed by atoms with Gasteiger partial charge in [0.15, 0.2) is 5.82 Å². The molecular formula is C13H16BrFN2S. The molecule has 2 rings (SSSR count). The second kappa shape index (κ2) is 5.13. The van der Waals surface area contributed by atoms with Crippen molar-refractivity contribution in [3.63, 3.8) is 0 Å². The van der Waals surface area contributed by atoms with Gasteiger partial charge >= 0.3 is 0 Å². The molecule has 3 N–H and O–H groups in total. The maximum absolute atomic E-state index is 14.1. The van der Waals surface area contributed by atoms with E-state index in [2.05, 4.69) is 28.2 Å². The molecule has 1 aromatic rings. The molecule has 0 amide bonds. The highest BCUT2D eigenvalue weighted by molar-refractivity contribution is 9.10. The summed E-state index contributed by atoms with van der Waals surface area (Å²) in [5, 5.41) is 3.18. The molecule has 0 spiro atoms. The monoisotopic (exact) mass is 330 g/mol. The Kier molecular flexibility index (Phi) is 3.92. The number of halogens is 2. The lowest BCUT2D eigenvalue weighted by molar-refractivity contribution is 0.518. The minimum atomic E-state index is -0.327. The van der Waals surface area contributed by atoms with E-state index in [-0.39, 0.29) is 10.8 Å². The normalized spacial score (nSPS) is 16.4. The van der Waals surface area contributed by atoms with E-state index in [9.17, 15) is 4.39 Å². The number of rotatable bonds is 5. The largest absolute Gasteiger partial charge is 0.389 e. The number of benzene rings is 1. The second-order valence-electron chi connectivity index (χ2n) is 4.86. The lowest BCUT2D eigenvalue weighted by atomic mass is 10.0. The molecule has 0 heterocycles. The van der Waals surface area contributed by atoms with Crippen molar-refractivity contribution >= 4 is 38.8 Å². The van der Waals surface area contributed by atoms with Crippen molar-refractivity contribution in [1.29, 1.82) is 0 Å². The quantitative estimate of drug-likeness (QED) is 0.806. The van der Waals surface area contributed by atoms with Crippen molar-refractivity contribution < 1.29 is 4.39 Å². The zero-order valence-electron chi connectivity index (χ0n) is 10.2. The van der Waals surface area contributed by atoms with Gasteiger partial charge in [-0.2, -0.15) is 0 Å². The number of anilines is 1. The van der Waals surface area contributed by atoms with Crippen LogP contribution in [0.5, 0.6) is 0 Å². The van der Waals surface area contributed by atoms with Gasteiger partial charge in [-0.1, -0.05) is 19.1 Å². The first kappa shape index (κ1) is 13.7. The Morgan fingerprint density at radius 2 is 2.22 bits per heavy atom. The van der Waals surface area contributed by atoms with Gasteiger partial charge in [0.2, 0.25) is 0 Å². The standard InChI is InChI=1S/C13H16BrFN2S/c1-2-13(5-6-13)7-17-9-4-3-8(12(16)18)10(14)11(9)15/h3-4,17H,2,5-7H2,1H3,(H2,16,18). The number of nitrogens with one attached hydrogen (secondary N) is 1. The third kappa shape index (κ3) is 2.67. The third-order valence-corrected chi connectivity index (χ3v) is 4.70. The minimum absolute atomic E-state index is 0.194. The number of nitrogens with two attached hydrogens (primary N) is 1. The molecule has 1 aliphatic rings. The highest BCUT2D eigenvalue weighted by Gasteiger charge is 2.40. The van der Waals surface area contributed by atoms with E-state index in [1.165, 1.54) is 12.8 Å². The summed E-state index contributed by atoms with van der Waals surface area (Å²) in [5.74, 6) is -0.327. The summed E-state index contributed by atoms with van der Waals surface area (Å²) in [6.07, 6.45) is 3.59. The van der Waals surface area contributed by atoms with Crippen LogP contribution in [0.15, 0.2) is 16.6 Å². The van der Waals surface area contributed by atoms with Crippen LogP contribution in [0.25, 0.3) is 0 Å². The molecule has 0 bridgehead atoms. The summed E-state index contributed by atoms with van der Waals surface area (Å²) in [6.45, 7) is 3.00. The van der Waals surface area contributed by atoms with Crippen LogP contribution >= 0.6 is 28.1 Å². The maximum atomic E-state index is 14.1. The smallest absolute Gasteiger partial charge is 0.161 e. The van der Waals surface area contributed by atoms with Gasteiger partial charge in [-0.15, -0.1) is 0 Å². The van der Waals surface area contributed by atoms with Crippen molar-refractivity contribution in [2.24, 2.45) is 11.1 Å². The molecule has 1 saturated carbocycles. The first-order valence-corrected chi connectivity index (χ1v) is 7.21. The van der Waals surface area contributed by atoms with Gasteiger partial charge in [-0.3, -0.25) is 0 Å². The fourth-order valence-electron chi connectivity index (χ4n) is 1.99. The van der Waals surface area contributed by atoms with Gasteiger partial charge in [0, 0.05) is 12.1 Å². The number of hydrogen-bond acceptors (Lipinski definition) is 2. The molecule has 98 valence electrons. The zero-order valence-corrected chi connectivity index (χ0v) is 12.6. The van der Waals surface area contributed by atoms with Gasteiger partial charge < -0.3 is 11.1 Å². The predicted molar refractivity (Wildman–Crippen MR) is 80.4 cm³/mol. The van der Waals surface area contributed by atoms with Gasteiger partial charge in [0.25, 0.3) is 0 Å². The van der Waals surface area contributed by atoms with Gasteiger partial charge in [-0.25, -0.2) is 4.39 Å². The van der Waals surface area contributed by atoms with E-state index in [0.29, 0.717) is 21.1 Å². The molecule has 0 aliphatic heterocycles.